The maximum atomic E-state index is 13.3. The van der Waals surface area contributed by atoms with Crippen LogP contribution >= 0.6 is 34.8 Å². The SMILES string of the molecule is Cc1ccc(S(=O)(=O)n2cc(C=O)c3c(N4CCN(C(=O)C(Cl)(Cl)Cl)CC4)cccc32)cc1. The summed E-state index contributed by atoms with van der Waals surface area (Å²) in [5, 5.41) is 0.532. The normalized spacial score (nSPS) is 15.2. The van der Waals surface area contributed by atoms with Crippen LogP contribution in [0, 0.1) is 6.92 Å². The van der Waals surface area contributed by atoms with Gasteiger partial charge in [-0.05, 0) is 31.2 Å². The first-order valence-electron chi connectivity index (χ1n) is 10.1. The van der Waals surface area contributed by atoms with Crippen molar-refractivity contribution in [1.82, 2.24) is 8.87 Å². The highest BCUT2D eigenvalue weighted by Gasteiger charge is 2.36. The summed E-state index contributed by atoms with van der Waals surface area (Å²) in [6.45, 7) is 3.38. The molecule has 3 aromatic rings. The van der Waals surface area contributed by atoms with Gasteiger partial charge >= 0.3 is 0 Å². The van der Waals surface area contributed by atoms with Gasteiger partial charge in [-0.3, -0.25) is 9.59 Å². The minimum absolute atomic E-state index is 0.131. The lowest BCUT2D eigenvalue weighted by Gasteiger charge is -2.37. The van der Waals surface area contributed by atoms with Gasteiger partial charge in [0, 0.05) is 49.0 Å². The molecular weight excluding hydrogens is 509 g/mol. The zero-order valence-corrected chi connectivity index (χ0v) is 20.6. The van der Waals surface area contributed by atoms with Crippen LogP contribution in [0.25, 0.3) is 10.9 Å². The monoisotopic (exact) mass is 527 g/mol. The van der Waals surface area contributed by atoms with E-state index in [-0.39, 0.29) is 10.5 Å². The standard InChI is InChI=1S/C22H20Cl3N3O4S/c1-15-5-7-17(8-6-15)33(31,32)28-13-16(14-29)20-18(3-2-4-19(20)28)26-9-11-27(12-10-26)21(30)22(23,24)25/h2-8,13-14H,9-12H2,1H3. The number of amides is 1. The fraction of sp³-hybridized carbons (Fsp3) is 0.273. The van der Waals surface area contributed by atoms with Crippen LogP contribution in [0.2, 0.25) is 0 Å². The quantitative estimate of drug-likeness (QED) is 0.377. The molecule has 0 aliphatic carbocycles. The zero-order valence-electron chi connectivity index (χ0n) is 17.5. The number of anilines is 1. The number of carbonyl (C=O) groups is 2. The van der Waals surface area contributed by atoms with Crippen molar-refractivity contribution < 1.29 is 18.0 Å². The van der Waals surface area contributed by atoms with Gasteiger partial charge in [0.15, 0.2) is 6.29 Å². The topological polar surface area (TPSA) is 79.7 Å². The molecule has 174 valence electrons. The van der Waals surface area contributed by atoms with Crippen LogP contribution in [0.15, 0.2) is 53.6 Å². The summed E-state index contributed by atoms with van der Waals surface area (Å²) in [5.41, 5.74) is 2.30. The Morgan fingerprint density at radius 2 is 1.64 bits per heavy atom. The molecule has 0 bridgehead atoms. The second kappa shape index (κ2) is 8.83. The molecule has 1 amide bonds. The first-order chi connectivity index (χ1) is 15.5. The smallest absolute Gasteiger partial charge is 0.274 e. The summed E-state index contributed by atoms with van der Waals surface area (Å²) in [5.74, 6) is -0.589. The largest absolute Gasteiger partial charge is 0.367 e. The lowest BCUT2D eigenvalue weighted by Crippen LogP contribution is -2.51. The molecule has 0 radical (unpaired) electrons. The van der Waals surface area contributed by atoms with Gasteiger partial charge in [0.25, 0.3) is 19.7 Å². The van der Waals surface area contributed by atoms with E-state index in [1.54, 1.807) is 36.4 Å². The van der Waals surface area contributed by atoms with Crippen molar-refractivity contribution in [1.29, 1.82) is 0 Å². The zero-order chi connectivity index (χ0) is 24.0. The molecular formula is C22H20Cl3N3O4S. The second-order valence-electron chi connectivity index (χ2n) is 7.76. The average Bonchev–Trinajstić information content (AvgIpc) is 3.18. The molecule has 0 atom stereocenters. The Morgan fingerprint density at radius 3 is 2.21 bits per heavy atom. The van der Waals surface area contributed by atoms with Gasteiger partial charge in [-0.2, -0.15) is 0 Å². The molecule has 1 aromatic heterocycles. The van der Waals surface area contributed by atoms with Gasteiger partial charge in [0.1, 0.15) is 0 Å². The summed E-state index contributed by atoms with van der Waals surface area (Å²) < 4.78 is 25.8. The van der Waals surface area contributed by atoms with E-state index in [4.69, 9.17) is 34.8 Å². The minimum Gasteiger partial charge on any atom is -0.367 e. The van der Waals surface area contributed by atoms with E-state index in [1.165, 1.54) is 11.1 Å². The molecule has 1 aliphatic rings. The highest BCUT2D eigenvalue weighted by Crippen LogP contribution is 2.34. The van der Waals surface area contributed by atoms with Crippen molar-refractivity contribution >= 4 is 73.6 Å². The van der Waals surface area contributed by atoms with Crippen molar-refractivity contribution in [3.8, 4) is 0 Å². The number of aryl methyl sites for hydroxylation is 1. The molecule has 0 N–H and O–H groups in total. The van der Waals surface area contributed by atoms with E-state index in [0.717, 1.165) is 9.54 Å². The third-order valence-corrected chi connectivity index (χ3v) is 7.83. The average molecular weight is 529 g/mol. The molecule has 1 aliphatic heterocycles. The Balaban J connectivity index is 1.73. The van der Waals surface area contributed by atoms with Crippen LogP contribution in [-0.2, 0) is 14.8 Å². The molecule has 1 fully saturated rings. The molecule has 0 saturated carbocycles. The van der Waals surface area contributed by atoms with Crippen molar-refractivity contribution in [2.45, 2.75) is 15.6 Å². The van der Waals surface area contributed by atoms with Crippen molar-refractivity contribution in [3.63, 3.8) is 0 Å². The Hall–Kier alpha value is -2.26. The molecule has 0 unspecified atom stereocenters. The number of fused-ring (bicyclic) bond motifs is 1. The predicted octanol–water partition coefficient (Wildman–Crippen LogP) is 4.02. The first kappa shape index (κ1) is 23.9. The van der Waals surface area contributed by atoms with Crippen molar-refractivity contribution in [2.75, 3.05) is 31.1 Å². The number of benzene rings is 2. The maximum absolute atomic E-state index is 13.3. The van der Waals surface area contributed by atoms with Gasteiger partial charge in [0.2, 0.25) is 0 Å². The molecule has 0 spiro atoms. The van der Waals surface area contributed by atoms with Gasteiger partial charge in [-0.25, -0.2) is 12.4 Å². The van der Waals surface area contributed by atoms with Crippen molar-refractivity contribution in [3.05, 3.63) is 59.8 Å². The number of hydrogen-bond acceptors (Lipinski definition) is 5. The number of carbonyl (C=O) groups excluding carboxylic acids is 2. The number of aldehydes is 1. The van der Waals surface area contributed by atoms with E-state index in [0.29, 0.717) is 49.1 Å². The summed E-state index contributed by atoms with van der Waals surface area (Å²) in [7, 11) is -3.91. The molecule has 11 heteroatoms. The number of hydrogen-bond donors (Lipinski definition) is 0. The molecule has 2 aromatic carbocycles. The molecule has 7 nitrogen and oxygen atoms in total. The highest BCUT2D eigenvalue weighted by molar-refractivity contribution is 7.90. The number of alkyl halides is 3. The second-order valence-corrected chi connectivity index (χ2v) is 11.9. The number of nitrogens with zero attached hydrogens (tertiary/aromatic N) is 3. The van der Waals surface area contributed by atoms with Gasteiger partial charge in [-0.1, -0.05) is 58.6 Å². The number of aromatic nitrogens is 1. The molecule has 33 heavy (non-hydrogen) atoms. The van der Waals surface area contributed by atoms with E-state index < -0.39 is 19.7 Å². The number of piperazine rings is 1. The van der Waals surface area contributed by atoms with E-state index in [1.807, 2.05) is 17.9 Å². The molecule has 1 saturated heterocycles. The van der Waals surface area contributed by atoms with E-state index >= 15 is 0 Å². The number of rotatable bonds is 4. The molecule has 4 rings (SSSR count). The van der Waals surface area contributed by atoms with Crippen LogP contribution in [0.5, 0.6) is 0 Å². The van der Waals surface area contributed by atoms with Crippen LogP contribution in [0.1, 0.15) is 15.9 Å². The maximum Gasteiger partial charge on any atom is 0.274 e. The molecule has 2 heterocycles. The van der Waals surface area contributed by atoms with Gasteiger partial charge in [0.05, 0.1) is 10.4 Å². The van der Waals surface area contributed by atoms with Crippen molar-refractivity contribution in [2.24, 2.45) is 0 Å². The Kier molecular flexibility index (Phi) is 6.39. The summed E-state index contributed by atoms with van der Waals surface area (Å²) in [4.78, 5) is 27.7. The third kappa shape index (κ3) is 4.45. The fourth-order valence-corrected chi connectivity index (χ4v) is 5.70. The van der Waals surface area contributed by atoms with Gasteiger partial charge in [-0.15, -0.1) is 0 Å². The minimum atomic E-state index is -3.91. The lowest BCUT2D eigenvalue weighted by atomic mass is 10.1. The van der Waals surface area contributed by atoms with E-state index in [2.05, 4.69) is 0 Å². The number of halogens is 3. The van der Waals surface area contributed by atoms with Crippen LogP contribution < -0.4 is 4.90 Å². The van der Waals surface area contributed by atoms with Gasteiger partial charge < -0.3 is 9.80 Å². The Morgan fingerprint density at radius 1 is 1.00 bits per heavy atom. The lowest BCUT2D eigenvalue weighted by molar-refractivity contribution is -0.130. The summed E-state index contributed by atoms with van der Waals surface area (Å²) in [6.07, 6.45) is 1.99. The summed E-state index contributed by atoms with van der Waals surface area (Å²) >= 11 is 17.2. The first-order valence-corrected chi connectivity index (χ1v) is 12.6. The van der Waals surface area contributed by atoms with E-state index in [9.17, 15) is 18.0 Å². The van der Waals surface area contributed by atoms with Crippen LogP contribution in [0.3, 0.4) is 0 Å². The van der Waals surface area contributed by atoms with Crippen LogP contribution in [0.4, 0.5) is 5.69 Å². The fourth-order valence-electron chi connectivity index (χ4n) is 3.97. The highest BCUT2D eigenvalue weighted by atomic mass is 35.6. The van der Waals surface area contributed by atoms with Crippen LogP contribution in [-0.4, -0.2) is 59.5 Å². The predicted molar refractivity (Wildman–Crippen MR) is 130 cm³/mol. The Bertz CT molecular complexity index is 1320. The third-order valence-electron chi connectivity index (χ3n) is 5.66. The summed E-state index contributed by atoms with van der Waals surface area (Å²) in [6, 6.07) is 11.8. The Labute approximate surface area is 206 Å².